The molecule has 20 heavy (non-hydrogen) atoms. The number of carbonyl (C=O) groups excluding carboxylic acids is 1. The van der Waals surface area contributed by atoms with Crippen LogP contribution in [-0.2, 0) is 16.0 Å². The summed E-state index contributed by atoms with van der Waals surface area (Å²) in [4.78, 5) is 11.9. The van der Waals surface area contributed by atoms with Gasteiger partial charge in [0.25, 0.3) is 0 Å². The van der Waals surface area contributed by atoms with E-state index in [9.17, 15) is 15.0 Å². The fourth-order valence-corrected chi connectivity index (χ4v) is 3.11. The number of carbonyl (C=O) groups is 1. The second-order valence-electron chi connectivity index (χ2n) is 5.61. The monoisotopic (exact) mass is 277 g/mol. The first-order chi connectivity index (χ1) is 9.63. The highest BCUT2D eigenvalue weighted by Gasteiger charge is 2.47. The normalized spacial score (nSPS) is 35.8. The largest absolute Gasteiger partial charge is 0.462 e. The van der Waals surface area contributed by atoms with Crippen LogP contribution in [0.15, 0.2) is 30.3 Å². The molecule has 0 amide bonds. The number of aliphatic hydroxyl groups excluding tert-OH is 2. The highest BCUT2D eigenvalue weighted by Crippen LogP contribution is 2.29. The maximum atomic E-state index is 11.9. The van der Waals surface area contributed by atoms with E-state index in [1.807, 2.05) is 30.3 Å². The van der Waals surface area contributed by atoms with Crippen molar-refractivity contribution < 1.29 is 19.7 Å². The molecular formula is C15H19NO4. The van der Waals surface area contributed by atoms with E-state index in [4.69, 9.17) is 4.74 Å². The van der Waals surface area contributed by atoms with Gasteiger partial charge in [0, 0.05) is 24.9 Å². The van der Waals surface area contributed by atoms with Gasteiger partial charge in [0.05, 0.1) is 18.6 Å². The SMILES string of the molecule is O=C(Cc1ccccc1)OC1CC2NC(C1)C(O)C2O. The Hall–Kier alpha value is -1.43. The van der Waals surface area contributed by atoms with Crippen molar-refractivity contribution in [2.24, 2.45) is 0 Å². The smallest absolute Gasteiger partial charge is 0.310 e. The molecule has 0 saturated carbocycles. The molecule has 108 valence electrons. The molecule has 2 aliphatic rings. The Labute approximate surface area is 117 Å². The summed E-state index contributed by atoms with van der Waals surface area (Å²) in [6.45, 7) is 0. The number of esters is 1. The zero-order chi connectivity index (χ0) is 14.1. The van der Waals surface area contributed by atoms with Gasteiger partial charge in [0.2, 0.25) is 0 Å². The molecule has 2 saturated heterocycles. The lowest BCUT2D eigenvalue weighted by Gasteiger charge is -2.29. The van der Waals surface area contributed by atoms with E-state index in [1.54, 1.807) is 0 Å². The number of hydrogen-bond acceptors (Lipinski definition) is 5. The van der Waals surface area contributed by atoms with Crippen LogP contribution in [0.1, 0.15) is 18.4 Å². The third kappa shape index (κ3) is 2.70. The average Bonchev–Trinajstić information content (AvgIpc) is 2.64. The number of fused-ring (bicyclic) bond motifs is 2. The fraction of sp³-hybridized carbons (Fsp3) is 0.533. The molecule has 0 aliphatic carbocycles. The quantitative estimate of drug-likeness (QED) is 0.678. The van der Waals surface area contributed by atoms with E-state index >= 15 is 0 Å². The molecule has 1 aromatic rings. The van der Waals surface area contributed by atoms with Crippen molar-refractivity contribution in [2.45, 2.75) is 49.7 Å². The van der Waals surface area contributed by atoms with E-state index in [1.165, 1.54) is 0 Å². The average molecular weight is 277 g/mol. The molecule has 2 heterocycles. The van der Waals surface area contributed by atoms with Gasteiger partial charge in [-0.25, -0.2) is 0 Å². The number of aliphatic hydroxyl groups is 2. The summed E-state index contributed by atoms with van der Waals surface area (Å²) in [7, 11) is 0. The van der Waals surface area contributed by atoms with Crippen LogP contribution in [0.3, 0.4) is 0 Å². The van der Waals surface area contributed by atoms with Crippen molar-refractivity contribution in [3.63, 3.8) is 0 Å². The Morgan fingerprint density at radius 2 is 1.75 bits per heavy atom. The van der Waals surface area contributed by atoms with Crippen LogP contribution in [0.4, 0.5) is 0 Å². The van der Waals surface area contributed by atoms with Gasteiger partial charge in [-0.2, -0.15) is 0 Å². The van der Waals surface area contributed by atoms with Crippen molar-refractivity contribution in [1.82, 2.24) is 5.32 Å². The van der Waals surface area contributed by atoms with Gasteiger partial charge in [-0.05, 0) is 5.56 Å². The summed E-state index contributed by atoms with van der Waals surface area (Å²) < 4.78 is 5.47. The van der Waals surface area contributed by atoms with E-state index < -0.39 is 12.2 Å². The van der Waals surface area contributed by atoms with Gasteiger partial charge < -0.3 is 20.3 Å². The van der Waals surface area contributed by atoms with Crippen LogP contribution in [-0.4, -0.2) is 46.6 Å². The zero-order valence-corrected chi connectivity index (χ0v) is 11.1. The second kappa shape index (κ2) is 5.52. The summed E-state index contributed by atoms with van der Waals surface area (Å²) in [6, 6.07) is 9.10. The van der Waals surface area contributed by atoms with E-state index in [2.05, 4.69) is 5.32 Å². The summed E-state index contributed by atoms with van der Waals surface area (Å²) in [5.74, 6) is -0.258. The summed E-state index contributed by atoms with van der Waals surface area (Å²) >= 11 is 0. The Morgan fingerprint density at radius 1 is 1.15 bits per heavy atom. The number of rotatable bonds is 3. The molecule has 5 heteroatoms. The lowest BCUT2D eigenvalue weighted by atomic mass is 10.0. The van der Waals surface area contributed by atoms with Gasteiger partial charge in [-0.15, -0.1) is 0 Å². The molecule has 3 N–H and O–H groups in total. The van der Waals surface area contributed by atoms with Crippen molar-refractivity contribution in [1.29, 1.82) is 0 Å². The molecule has 1 aromatic carbocycles. The standard InChI is InChI=1S/C15H19NO4/c17-13(6-9-4-2-1-3-5-9)20-10-7-11-14(18)15(19)12(8-10)16-11/h1-5,10-12,14-16,18-19H,6-8H2. The molecule has 0 aromatic heterocycles. The minimum Gasteiger partial charge on any atom is -0.462 e. The van der Waals surface area contributed by atoms with E-state index in [0.29, 0.717) is 12.8 Å². The van der Waals surface area contributed by atoms with Crippen LogP contribution in [0.25, 0.3) is 0 Å². The highest BCUT2D eigenvalue weighted by atomic mass is 16.5. The Kier molecular flexibility index (Phi) is 3.74. The van der Waals surface area contributed by atoms with Crippen molar-refractivity contribution in [3.8, 4) is 0 Å². The van der Waals surface area contributed by atoms with Crippen LogP contribution in [0.5, 0.6) is 0 Å². The van der Waals surface area contributed by atoms with Crippen LogP contribution < -0.4 is 5.32 Å². The Morgan fingerprint density at radius 3 is 2.35 bits per heavy atom. The number of piperidine rings is 1. The van der Waals surface area contributed by atoms with Crippen LogP contribution in [0, 0.1) is 0 Å². The molecule has 2 aliphatic heterocycles. The van der Waals surface area contributed by atoms with Gasteiger partial charge in [0.1, 0.15) is 6.10 Å². The number of benzene rings is 1. The first-order valence-corrected chi connectivity index (χ1v) is 6.99. The van der Waals surface area contributed by atoms with Crippen molar-refractivity contribution in [3.05, 3.63) is 35.9 Å². The molecule has 3 rings (SSSR count). The molecule has 5 nitrogen and oxygen atoms in total. The van der Waals surface area contributed by atoms with Crippen molar-refractivity contribution >= 4 is 5.97 Å². The number of nitrogens with one attached hydrogen (secondary N) is 1. The van der Waals surface area contributed by atoms with Gasteiger partial charge in [-0.1, -0.05) is 30.3 Å². The Balaban J connectivity index is 1.55. The molecular weight excluding hydrogens is 258 g/mol. The van der Waals surface area contributed by atoms with E-state index in [0.717, 1.165) is 5.56 Å². The molecule has 2 fully saturated rings. The lowest BCUT2D eigenvalue weighted by molar-refractivity contribution is -0.150. The van der Waals surface area contributed by atoms with Gasteiger partial charge in [-0.3, -0.25) is 4.79 Å². The molecule has 0 radical (unpaired) electrons. The maximum absolute atomic E-state index is 11.9. The summed E-state index contributed by atoms with van der Waals surface area (Å²) in [6.07, 6.45) is -0.402. The second-order valence-corrected chi connectivity index (χ2v) is 5.61. The number of ether oxygens (including phenoxy) is 1. The third-order valence-corrected chi connectivity index (χ3v) is 4.13. The zero-order valence-electron chi connectivity index (χ0n) is 11.1. The summed E-state index contributed by atoms with van der Waals surface area (Å²) in [5.41, 5.74) is 0.925. The first-order valence-electron chi connectivity index (χ1n) is 6.99. The number of hydrogen-bond donors (Lipinski definition) is 3. The Bertz CT molecular complexity index is 462. The lowest BCUT2D eigenvalue weighted by Crippen LogP contribution is -2.44. The minimum atomic E-state index is -0.766. The molecule has 0 spiro atoms. The van der Waals surface area contributed by atoms with Crippen LogP contribution >= 0.6 is 0 Å². The minimum absolute atomic E-state index is 0.182. The fourth-order valence-electron chi connectivity index (χ4n) is 3.11. The third-order valence-electron chi connectivity index (χ3n) is 4.13. The maximum Gasteiger partial charge on any atom is 0.310 e. The van der Waals surface area contributed by atoms with E-state index in [-0.39, 0.29) is 30.6 Å². The molecule has 2 bridgehead atoms. The first kappa shape index (κ1) is 13.5. The predicted molar refractivity (Wildman–Crippen MR) is 72.0 cm³/mol. The predicted octanol–water partition coefficient (Wildman–Crippen LogP) is -0.00310. The van der Waals surface area contributed by atoms with Crippen LogP contribution in [0.2, 0.25) is 0 Å². The van der Waals surface area contributed by atoms with Crippen molar-refractivity contribution in [2.75, 3.05) is 0 Å². The topological polar surface area (TPSA) is 78.8 Å². The summed E-state index contributed by atoms with van der Waals surface area (Å²) in [5, 5.41) is 22.8. The molecule has 4 unspecified atom stereocenters. The highest BCUT2D eigenvalue weighted by molar-refractivity contribution is 5.72. The van der Waals surface area contributed by atoms with Gasteiger partial charge >= 0.3 is 5.97 Å². The molecule has 4 atom stereocenters. The van der Waals surface area contributed by atoms with Gasteiger partial charge in [0.15, 0.2) is 0 Å².